The first-order valence-corrected chi connectivity index (χ1v) is 4.84. The zero-order valence-electron chi connectivity index (χ0n) is 8.51. The van der Waals surface area contributed by atoms with Gasteiger partial charge in [0.15, 0.2) is 0 Å². The molecule has 0 aliphatic carbocycles. The monoisotopic (exact) mass is 207 g/mol. The van der Waals surface area contributed by atoms with Crippen molar-refractivity contribution in [3.8, 4) is 5.75 Å². The predicted molar refractivity (Wildman–Crippen MR) is 56.0 cm³/mol. The zero-order valence-corrected chi connectivity index (χ0v) is 8.51. The van der Waals surface area contributed by atoms with Gasteiger partial charge in [0.2, 0.25) is 5.91 Å². The van der Waals surface area contributed by atoms with E-state index in [1.807, 2.05) is 18.2 Å². The molecule has 1 aromatic carbocycles. The van der Waals surface area contributed by atoms with E-state index >= 15 is 0 Å². The predicted octanol–water partition coefficient (Wildman–Crippen LogP) is 0.793. The third-order valence-corrected chi connectivity index (χ3v) is 2.48. The van der Waals surface area contributed by atoms with Crippen molar-refractivity contribution >= 4 is 11.6 Å². The van der Waals surface area contributed by atoms with E-state index in [0.29, 0.717) is 12.3 Å². The number of anilines is 1. The van der Waals surface area contributed by atoms with Crippen molar-refractivity contribution < 1.29 is 14.6 Å². The van der Waals surface area contributed by atoms with Gasteiger partial charge in [0.05, 0.1) is 31.9 Å². The van der Waals surface area contributed by atoms with Crippen LogP contribution >= 0.6 is 0 Å². The Hall–Kier alpha value is -1.55. The summed E-state index contributed by atoms with van der Waals surface area (Å²) in [5.74, 6) is 0.590. The van der Waals surface area contributed by atoms with Crippen LogP contribution in [0.5, 0.6) is 5.75 Å². The molecular weight excluding hydrogens is 194 g/mol. The van der Waals surface area contributed by atoms with Gasteiger partial charge in [-0.3, -0.25) is 4.79 Å². The number of aliphatic hydroxyl groups excluding tert-OH is 1. The van der Waals surface area contributed by atoms with Gasteiger partial charge >= 0.3 is 0 Å². The van der Waals surface area contributed by atoms with Gasteiger partial charge in [-0.2, -0.15) is 0 Å². The number of aliphatic hydroxyl groups is 1. The molecule has 1 fully saturated rings. The molecule has 1 amide bonds. The highest BCUT2D eigenvalue weighted by Crippen LogP contribution is 2.30. The maximum atomic E-state index is 11.6. The van der Waals surface area contributed by atoms with Gasteiger partial charge in [-0.1, -0.05) is 12.1 Å². The summed E-state index contributed by atoms with van der Waals surface area (Å²) in [5.41, 5.74) is 0.724. The number of rotatable bonds is 2. The lowest BCUT2D eigenvalue weighted by Crippen LogP contribution is -2.25. The first-order chi connectivity index (χ1) is 7.22. The Balaban J connectivity index is 2.33. The number of β-amino-alcohol motifs (C(OH)–C–C–N with tert-alkyl or cyclic N) is 1. The number of ether oxygens (including phenoxy) is 1. The number of para-hydroxylation sites is 2. The van der Waals surface area contributed by atoms with E-state index in [0.717, 1.165) is 5.69 Å². The summed E-state index contributed by atoms with van der Waals surface area (Å²) in [6, 6.07) is 7.30. The molecule has 1 aromatic rings. The van der Waals surface area contributed by atoms with Crippen LogP contribution in [0.4, 0.5) is 5.69 Å². The van der Waals surface area contributed by atoms with Crippen LogP contribution < -0.4 is 9.64 Å². The lowest BCUT2D eigenvalue weighted by molar-refractivity contribution is -0.117. The normalized spacial score (nSPS) is 20.8. The Bertz CT molecular complexity index is 378. The van der Waals surface area contributed by atoms with Crippen molar-refractivity contribution in [2.75, 3.05) is 18.6 Å². The molecule has 2 rings (SSSR count). The highest BCUT2D eigenvalue weighted by molar-refractivity contribution is 5.97. The SMILES string of the molecule is COc1ccccc1N1CC(O)CC1=O. The van der Waals surface area contributed by atoms with E-state index in [1.165, 1.54) is 0 Å². The number of hydrogen-bond donors (Lipinski definition) is 1. The minimum atomic E-state index is -0.567. The molecule has 4 heteroatoms. The smallest absolute Gasteiger partial charge is 0.229 e. The van der Waals surface area contributed by atoms with E-state index < -0.39 is 6.10 Å². The van der Waals surface area contributed by atoms with Crippen LogP contribution in [0.3, 0.4) is 0 Å². The fraction of sp³-hybridized carbons (Fsp3) is 0.364. The van der Waals surface area contributed by atoms with Gasteiger partial charge in [0.1, 0.15) is 5.75 Å². The van der Waals surface area contributed by atoms with Crippen LogP contribution in [0.25, 0.3) is 0 Å². The highest BCUT2D eigenvalue weighted by Gasteiger charge is 2.30. The molecule has 1 heterocycles. The van der Waals surface area contributed by atoms with Crippen LogP contribution in [-0.4, -0.2) is 30.8 Å². The molecule has 0 radical (unpaired) electrons. The van der Waals surface area contributed by atoms with Crippen molar-refractivity contribution in [1.82, 2.24) is 0 Å². The summed E-state index contributed by atoms with van der Waals surface area (Å²) in [6.45, 7) is 0.346. The van der Waals surface area contributed by atoms with Crippen LogP contribution in [0.2, 0.25) is 0 Å². The molecule has 4 nitrogen and oxygen atoms in total. The van der Waals surface area contributed by atoms with Crippen molar-refractivity contribution in [2.24, 2.45) is 0 Å². The Morgan fingerprint density at radius 2 is 2.20 bits per heavy atom. The van der Waals surface area contributed by atoms with Gasteiger partial charge in [-0.05, 0) is 12.1 Å². The van der Waals surface area contributed by atoms with Crippen LogP contribution in [0.15, 0.2) is 24.3 Å². The Morgan fingerprint density at radius 3 is 2.80 bits per heavy atom. The van der Waals surface area contributed by atoms with Gasteiger partial charge < -0.3 is 14.7 Å². The molecule has 15 heavy (non-hydrogen) atoms. The summed E-state index contributed by atoms with van der Waals surface area (Å²) in [7, 11) is 1.57. The molecule has 1 atom stereocenters. The van der Waals surface area contributed by atoms with E-state index in [1.54, 1.807) is 18.1 Å². The van der Waals surface area contributed by atoms with Crippen molar-refractivity contribution in [1.29, 1.82) is 0 Å². The third kappa shape index (κ3) is 1.80. The lowest BCUT2D eigenvalue weighted by Gasteiger charge is -2.18. The van der Waals surface area contributed by atoms with Crippen LogP contribution in [0.1, 0.15) is 6.42 Å². The topological polar surface area (TPSA) is 49.8 Å². The molecule has 0 saturated carbocycles. The fourth-order valence-corrected chi connectivity index (χ4v) is 1.77. The Labute approximate surface area is 88.1 Å². The molecule has 1 aliphatic heterocycles. The summed E-state index contributed by atoms with van der Waals surface area (Å²) in [4.78, 5) is 13.1. The maximum absolute atomic E-state index is 11.6. The molecule has 0 aromatic heterocycles. The van der Waals surface area contributed by atoms with Gasteiger partial charge in [-0.25, -0.2) is 0 Å². The number of carbonyl (C=O) groups is 1. The molecule has 1 unspecified atom stereocenters. The second-order valence-corrected chi connectivity index (χ2v) is 3.53. The van der Waals surface area contributed by atoms with Gasteiger partial charge in [-0.15, -0.1) is 0 Å². The van der Waals surface area contributed by atoms with Gasteiger partial charge in [0, 0.05) is 0 Å². The quantitative estimate of drug-likeness (QED) is 0.780. The summed E-state index contributed by atoms with van der Waals surface area (Å²) >= 11 is 0. The van der Waals surface area contributed by atoms with Crippen molar-refractivity contribution in [2.45, 2.75) is 12.5 Å². The first kappa shape index (κ1) is 9.98. The van der Waals surface area contributed by atoms with Crippen LogP contribution in [0, 0.1) is 0 Å². The second kappa shape index (κ2) is 3.90. The van der Waals surface area contributed by atoms with E-state index in [2.05, 4.69) is 0 Å². The average molecular weight is 207 g/mol. The number of methoxy groups -OCH3 is 1. The zero-order chi connectivity index (χ0) is 10.8. The molecule has 0 spiro atoms. The molecule has 1 aliphatic rings. The summed E-state index contributed by atoms with van der Waals surface area (Å²) < 4.78 is 5.17. The molecule has 1 saturated heterocycles. The minimum Gasteiger partial charge on any atom is -0.495 e. The van der Waals surface area contributed by atoms with E-state index in [-0.39, 0.29) is 12.3 Å². The molecular formula is C11H13NO3. The summed E-state index contributed by atoms with van der Waals surface area (Å²) in [5, 5.41) is 9.39. The number of nitrogens with zero attached hydrogens (tertiary/aromatic N) is 1. The second-order valence-electron chi connectivity index (χ2n) is 3.53. The lowest BCUT2D eigenvalue weighted by atomic mass is 10.2. The number of hydrogen-bond acceptors (Lipinski definition) is 3. The number of carbonyl (C=O) groups excluding carboxylic acids is 1. The Kier molecular flexibility index (Phi) is 2.60. The fourth-order valence-electron chi connectivity index (χ4n) is 1.77. The molecule has 80 valence electrons. The third-order valence-electron chi connectivity index (χ3n) is 2.48. The number of benzene rings is 1. The van der Waals surface area contributed by atoms with Crippen molar-refractivity contribution in [3.63, 3.8) is 0 Å². The number of amides is 1. The largest absolute Gasteiger partial charge is 0.495 e. The highest BCUT2D eigenvalue weighted by atomic mass is 16.5. The van der Waals surface area contributed by atoms with E-state index in [9.17, 15) is 9.90 Å². The first-order valence-electron chi connectivity index (χ1n) is 4.84. The maximum Gasteiger partial charge on any atom is 0.229 e. The standard InChI is InChI=1S/C11H13NO3/c1-15-10-5-3-2-4-9(10)12-7-8(13)6-11(12)14/h2-5,8,13H,6-7H2,1H3. The minimum absolute atomic E-state index is 0.0630. The average Bonchev–Trinajstić information content (AvgIpc) is 2.57. The Morgan fingerprint density at radius 1 is 1.47 bits per heavy atom. The van der Waals surface area contributed by atoms with E-state index in [4.69, 9.17) is 4.74 Å². The van der Waals surface area contributed by atoms with Crippen molar-refractivity contribution in [3.05, 3.63) is 24.3 Å². The molecule has 0 bridgehead atoms. The van der Waals surface area contributed by atoms with Crippen LogP contribution in [-0.2, 0) is 4.79 Å². The molecule has 1 N–H and O–H groups in total. The van der Waals surface area contributed by atoms with Gasteiger partial charge in [0.25, 0.3) is 0 Å². The summed E-state index contributed by atoms with van der Waals surface area (Å²) in [6.07, 6.45) is -0.375.